The molecule has 0 amide bonds. The number of esters is 2. The second-order valence-electron chi connectivity index (χ2n) is 17.9. The van der Waals surface area contributed by atoms with Crippen LogP contribution in [0.5, 0.6) is 0 Å². The molecule has 0 saturated heterocycles. The fourth-order valence-electron chi connectivity index (χ4n) is 7.18. The van der Waals surface area contributed by atoms with Gasteiger partial charge in [-0.05, 0) is 77.0 Å². The molecule has 1 saturated carbocycles. The Labute approximate surface area is 439 Å². The second kappa shape index (κ2) is 42.7. The van der Waals surface area contributed by atoms with Gasteiger partial charge in [0, 0.05) is 12.8 Å². The highest BCUT2D eigenvalue weighted by atomic mass is 31.2. The zero-order chi connectivity index (χ0) is 54.9. The number of rotatable bonds is 42. The highest BCUT2D eigenvalue weighted by molar-refractivity contribution is 7.47. The van der Waals surface area contributed by atoms with Crippen LogP contribution in [0.3, 0.4) is 0 Å². The second-order valence-corrected chi connectivity index (χ2v) is 20.5. The highest BCUT2D eigenvalue weighted by Crippen LogP contribution is 2.49. The van der Waals surface area contributed by atoms with Crippen LogP contribution in [0.2, 0.25) is 0 Å². The Morgan fingerprint density at radius 2 is 1.07 bits per heavy atom. The maximum Gasteiger partial charge on any atom is 0.472 e. The first-order chi connectivity index (χ1) is 35.4. The Hall–Kier alpha value is -3.42. The largest absolute Gasteiger partial charge is 0.472 e. The molecule has 0 aliphatic heterocycles. The molecule has 9 N–H and O–H groups in total. The minimum absolute atomic E-state index is 0.0204. The van der Waals surface area contributed by atoms with Gasteiger partial charge in [-0.15, -0.1) is 0 Å². The Bertz CT molecular complexity index is 1870. The van der Waals surface area contributed by atoms with Crippen LogP contribution in [-0.4, -0.2) is 125 Å². The first-order valence-electron chi connectivity index (χ1n) is 26.2. The van der Waals surface area contributed by atoms with Crippen molar-refractivity contribution in [3.05, 3.63) is 109 Å². The van der Waals surface area contributed by atoms with Crippen molar-refractivity contribution in [2.45, 2.75) is 204 Å². The molecule has 1 aliphatic carbocycles. The molecule has 10 atom stereocenters. The topological polar surface area (TPSA) is 296 Å². The quantitative estimate of drug-likeness (QED) is 0.00906. The van der Waals surface area contributed by atoms with Crippen molar-refractivity contribution in [2.75, 3.05) is 13.2 Å². The summed E-state index contributed by atoms with van der Waals surface area (Å²) in [6.45, 7) is 2.74. The average Bonchev–Trinajstić information content (AvgIpc) is 3.35. The number of aliphatic hydroxyl groups excluding tert-OH is 6. The van der Waals surface area contributed by atoms with E-state index in [2.05, 4.69) is 47.9 Å². The third kappa shape index (κ3) is 36.5. The highest BCUT2D eigenvalue weighted by Gasteiger charge is 2.54. The van der Waals surface area contributed by atoms with Crippen LogP contribution in [0.4, 0.5) is 0 Å². The lowest BCUT2D eigenvalue weighted by Gasteiger charge is -2.43. The van der Waals surface area contributed by atoms with Gasteiger partial charge in [0.05, 0.1) is 18.8 Å². The van der Waals surface area contributed by atoms with Crippen LogP contribution >= 0.6 is 15.6 Å². The average molecular weight is 1090 g/mol. The molecule has 74 heavy (non-hydrogen) atoms. The third-order valence-electron chi connectivity index (χ3n) is 11.3. The summed E-state index contributed by atoms with van der Waals surface area (Å²) in [6.07, 6.45) is 35.2. The minimum atomic E-state index is -5.40. The molecule has 0 aromatic heterocycles. The maximum absolute atomic E-state index is 13.0. The molecule has 0 aromatic carbocycles. The van der Waals surface area contributed by atoms with E-state index in [4.69, 9.17) is 18.5 Å². The summed E-state index contributed by atoms with van der Waals surface area (Å²) in [6, 6.07) is 0. The summed E-state index contributed by atoms with van der Waals surface area (Å²) in [5.41, 5.74) is 0. The van der Waals surface area contributed by atoms with E-state index in [1.54, 1.807) is 42.5 Å². The van der Waals surface area contributed by atoms with E-state index in [0.29, 0.717) is 32.1 Å². The minimum Gasteiger partial charge on any atom is -0.462 e. The van der Waals surface area contributed by atoms with Crippen molar-refractivity contribution in [1.82, 2.24) is 0 Å². The summed E-state index contributed by atoms with van der Waals surface area (Å²) in [5, 5.41) is 61.4. The SMILES string of the molecule is CC/C=C\C[C@@H](O)/C=C/C=C\C/C=C\C=C\[C@@H](O)/C=C\CCCC(=O)OC[C@H](COP(=O)(O)O[C@H]1C(O)C(O)C(O)[C@@H](OP(=O)(O)O)C1O)OC(=O)CCCCCCCC/C=C\C/C=C\C/C=C\CCCCCC. The molecule has 1 fully saturated rings. The van der Waals surface area contributed by atoms with Gasteiger partial charge in [-0.25, -0.2) is 9.13 Å². The zero-order valence-electron chi connectivity index (χ0n) is 43.4. The van der Waals surface area contributed by atoms with Crippen LogP contribution in [0.25, 0.3) is 0 Å². The maximum atomic E-state index is 13.0. The lowest BCUT2D eigenvalue weighted by atomic mass is 9.85. The van der Waals surface area contributed by atoms with Crippen molar-refractivity contribution in [2.24, 2.45) is 0 Å². The molecule has 0 heterocycles. The number of hydrogen-bond acceptors (Lipinski definition) is 15. The van der Waals surface area contributed by atoms with Gasteiger partial charge in [0.15, 0.2) is 6.10 Å². The van der Waals surface area contributed by atoms with Gasteiger partial charge in [-0.3, -0.25) is 23.2 Å². The van der Waals surface area contributed by atoms with E-state index in [9.17, 15) is 64.0 Å². The number of hydrogen-bond donors (Lipinski definition) is 9. The van der Waals surface area contributed by atoms with Crippen LogP contribution in [0.1, 0.15) is 149 Å². The summed E-state index contributed by atoms with van der Waals surface area (Å²) in [7, 11) is -10.8. The first-order valence-corrected chi connectivity index (χ1v) is 29.2. The smallest absolute Gasteiger partial charge is 0.462 e. The van der Waals surface area contributed by atoms with Crippen LogP contribution in [0, 0.1) is 0 Å². The van der Waals surface area contributed by atoms with Gasteiger partial charge < -0.3 is 54.8 Å². The molecule has 18 nitrogen and oxygen atoms in total. The number of carbonyl (C=O) groups excluding carboxylic acids is 2. The normalized spacial score (nSPS) is 22.3. The van der Waals surface area contributed by atoms with E-state index in [1.165, 1.54) is 25.7 Å². The third-order valence-corrected chi connectivity index (χ3v) is 12.8. The summed E-state index contributed by atoms with van der Waals surface area (Å²) >= 11 is 0. The number of phosphoric acid groups is 2. The predicted molar refractivity (Wildman–Crippen MR) is 285 cm³/mol. The molecule has 0 radical (unpaired) electrons. The molecule has 0 bridgehead atoms. The zero-order valence-corrected chi connectivity index (χ0v) is 45.2. The number of carbonyl (C=O) groups is 2. The predicted octanol–water partition coefficient (Wildman–Crippen LogP) is 8.84. The number of unbranched alkanes of at least 4 members (excludes halogenated alkanes) is 11. The van der Waals surface area contributed by atoms with Crippen molar-refractivity contribution >= 4 is 27.6 Å². The Kier molecular flexibility index (Phi) is 39.5. The standard InChI is InChI=1S/C54H88O18P2/c1-3-5-7-8-9-10-11-12-13-14-15-16-17-18-19-20-21-25-28-34-41-48(58)70-46(43-69-74(66,67)72-54-51(61)49(59)50(60)53(52(54)62)71-73(63,64)65)42-68-47(57)40-35-29-33-39-45(56)38-32-27-24-22-23-26-31-37-44(55)36-30-6-4-2/h6,10-11,13-14,16-17,23-24,26-27,30-33,37-39,44-46,49-56,59-62H,3-5,7-9,12,15,18-22,25,28-29,34-36,40-43H2,1-2H3,(H,66,67)(H2,63,64,65)/b11-10-,14-13-,17-16-,26-23-,27-24-,30-6-,37-31+,38-32+,39-33-/t44-,45-,46-,49?,50?,51?,52?,53-,54+/m1/s1. The van der Waals surface area contributed by atoms with Crippen molar-refractivity contribution in [1.29, 1.82) is 0 Å². The van der Waals surface area contributed by atoms with E-state index in [-0.39, 0.29) is 12.8 Å². The lowest BCUT2D eigenvalue weighted by molar-refractivity contribution is -0.216. The Morgan fingerprint density at radius 1 is 0.527 bits per heavy atom. The van der Waals surface area contributed by atoms with Gasteiger partial charge >= 0.3 is 27.6 Å². The monoisotopic (exact) mass is 1090 g/mol. The number of phosphoric ester groups is 2. The molecule has 1 rings (SSSR count). The molecule has 1 aliphatic rings. The Balaban J connectivity index is 2.66. The summed E-state index contributed by atoms with van der Waals surface area (Å²) in [4.78, 5) is 54.5. The summed E-state index contributed by atoms with van der Waals surface area (Å²) in [5.74, 6) is -1.41. The fraction of sp³-hybridized carbons (Fsp3) is 0.630. The van der Waals surface area contributed by atoms with Crippen molar-refractivity contribution < 1.29 is 87.1 Å². The molecular formula is C54H88O18P2. The van der Waals surface area contributed by atoms with Gasteiger partial charge in [-0.2, -0.15) is 0 Å². The van der Waals surface area contributed by atoms with Crippen LogP contribution in [0.15, 0.2) is 109 Å². The van der Waals surface area contributed by atoms with E-state index < -0.39 is 95.7 Å². The van der Waals surface area contributed by atoms with Crippen molar-refractivity contribution in [3.8, 4) is 0 Å². The van der Waals surface area contributed by atoms with Crippen LogP contribution in [-0.2, 0) is 41.8 Å². The lowest BCUT2D eigenvalue weighted by Crippen LogP contribution is -2.64. The summed E-state index contributed by atoms with van der Waals surface area (Å²) < 4.78 is 49.3. The van der Waals surface area contributed by atoms with Gasteiger partial charge in [0.25, 0.3) is 0 Å². The molecule has 0 spiro atoms. The molecule has 5 unspecified atom stereocenters. The fourth-order valence-corrected chi connectivity index (χ4v) is 8.72. The number of allylic oxidation sites excluding steroid dienone is 14. The van der Waals surface area contributed by atoms with Crippen molar-refractivity contribution in [3.63, 3.8) is 0 Å². The van der Waals surface area contributed by atoms with E-state index in [0.717, 1.165) is 64.2 Å². The molecule has 422 valence electrons. The molecule has 0 aromatic rings. The molecule has 20 heteroatoms. The number of ether oxygens (including phenoxy) is 2. The van der Waals surface area contributed by atoms with Gasteiger partial charge in [0.2, 0.25) is 0 Å². The van der Waals surface area contributed by atoms with E-state index >= 15 is 0 Å². The first kappa shape index (κ1) is 68.6. The van der Waals surface area contributed by atoms with E-state index in [1.807, 2.05) is 37.3 Å². The molecular weight excluding hydrogens is 999 g/mol. The number of aliphatic hydroxyl groups is 6. The van der Waals surface area contributed by atoms with Crippen LogP contribution < -0.4 is 0 Å². The van der Waals surface area contributed by atoms with Gasteiger partial charge in [-0.1, -0.05) is 168 Å². The van der Waals surface area contributed by atoms with Gasteiger partial charge in [0.1, 0.15) is 43.2 Å². The Morgan fingerprint density at radius 3 is 1.69 bits per heavy atom.